The topological polar surface area (TPSA) is 237 Å². The third kappa shape index (κ3) is 63.5. The van der Waals surface area contributed by atoms with Crippen LogP contribution in [0.15, 0.2) is 0 Å². The first-order valence-electron chi connectivity index (χ1n) is 36.7. The van der Waals surface area contributed by atoms with Crippen molar-refractivity contribution in [2.75, 3.05) is 39.6 Å². The lowest BCUT2D eigenvalue weighted by Gasteiger charge is -2.21. The van der Waals surface area contributed by atoms with Crippen LogP contribution in [0.3, 0.4) is 0 Å². The average molecular weight is 1330 g/mol. The molecule has 0 saturated heterocycles. The fourth-order valence-corrected chi connectivity index (χ4v) is 12.2. The van der Waals surface area contributed by atoms with Gasteiger partial charge in [0.15, 0.2) is 12.2 Å². The van der Waals surface area contributed by atoms with E-state index < -0.39 is 97.5 Å². The number of aliphatic hydroxyl groups excluding tert-OH is 1. The Morgan fingerprint density at radius 2 is 0.533 bits per heavy atom. The molecular weight excluding hydrogens is 1190 g/mol. The summed E-state index contributed by atoms with van der Waals surface area (Å²) in [6.07, 6.45) is 43.3. The first-order chi connectivity index (χ1) is 43.1. The molecule has 0 fully saturated rings. The molecule has 0 heterocycles. The second kappa shape index (κ2) is 60.7. The fourth-order valence-electron chi connectivity index (χ4n) is 10.6. The van der Waals surface area contributed by atoms with Crippen LogP contribution in [0.4, 0.5) is 0 Å². The number of phosphoric ester groups is 2. The molecule has 0 bridgehead atoms. The van der Waals surface area contributed by atoms with E-state index in [0.717, 1.165) is 108 Å². The van der Waals surface area contributed by atoms with E-state index in [4.69, 9.17) is 37.0 Å². The maximum atomic E-state index is 13.0. The first kappa shape index (κ1) is 88.1. The molecule has 0 amide bonds. The largest absolute Gasteiger partial charge is 0.472 e. The van der Waals surface area contributed by atoms with Crippen LogP contribution in [0.5, 0.6) is 0 Å². The maximum Gasteiger partial charge on any atom is 0.472 e. The Hall–Kier alpha value is -1.94. The van der Waals surface area contributed by atoms with E-state index in [0.29, 0.717) is 37.5 Å². The number of rotatable bonds is 68. The van der Waals surface area contributed by atoms with E-state index in [2.05, 4.69) is 55.4 Å². The number of unbranched alkanes of at least 4 members (excludes halogenated alkanes) is 33. The van der Waals surface area contributed by atoms with Crippen LogP contribution in [0.25, 0.3) is 0 Å². The molecule has 90 heavy (non-hydrogen) atoms. The molecule has 0 aliphatic carbocycles. The van der Waals surface area contributed by atoms with E-state index >= 15 is 0 Å². The van der Waals surface area contributed by atoms with Crippen molar-refractivity contribution in [2.45, 2.75) is 369 Å². The summed E-state index contributed by atoms with van der Waals surface area (Å²) in [5.74, 6) is 0.846. The maximum absolute atomic E-state index is 13.0. The zero-order valence-corrected chi connectivity index (χ0v) is 60.6. The van der Waals surface area contributed by atoms with Crippen molar-refractivity contribution in [1.29, 1.82) is 0 Å². The summed E-state index contributed by atoms with van der Waals surface area (Å²) in [4.78, 5) is 72.5. The van der Waals surface area contributed by atoms with Crippen molar-refractivity contribution in [1.82, 2.24) is 0 Å². The monoisotopic (exact) mass is 1320 g/mol. The Morgan fingerprint density at radius 3 is 0.789 bits per heavy atom. The summed E-state index contributed by atoms with van der Waals surface area (Å²) >= 11 is 0. The van der Waals surface area contributed by atoms with Gasteiger partial charge in [-0.2, -0.15) is 0 Å². The highest BCUT2D eigenvalue weighted by atomic mass is 31.2. The van der Waals surface area contributed by atoms with Gasteiger partial charge in [0.2, 0.25) is 0 Å². The van der Waals surface area contributed by atoms with Crippen LogP contribution in [-0.2, 0) is 65.4 Å². The van der Waals surface area contributed by atoms with Crippen molar-refractivity contribution in [3.63, 3.8) is 0 Å². The van der Waals surface area contributed by atoms with E-state index in [1.54, 1.807) is 0 Å². The van der Waals surface area contributed by atoms with E-state index in [1.807, 2.05) is 0 Å². The molecule has 0 aromatic carbocycles. The highest BCUT2D eigenvalue weighted by Crippen LogP contribution is 2.45. The molecule has 0 aromatic heterocycles. The molecular formula is C71H138O17P2. The summed E-state index contributed by atoms with van der Waals surface area (Å²) in [7, 11) is -9.90. The summed E-state index contributed by atoms with van der Waals surface area (Å²) in [5, 5.41) is 10.6. The third-order valence-corrected chi connectivity index (χ3v) is 18.6. The van der Waals surface area contributed by atoms with Gasteiger partial charge < -0.3 is 33.8 Å². The summed E-state index contributed by atoms with van der Waals surface area (Å²) in [6, 6.07) is 0. The van der Waals surface area contributed by atoms with Crippen LogP contribution >= 0.6 is 15.6 Å². The summed E-state index contributed by atoms with van der Waals surface area (Å²) in [6.45, 7) is 14.1. The van der Waals surface area contributed by atoms with Gasteiger partial charge >= 0.3 is 39.5 Å². The van der Waals surface area contributed by atoms with Crippen molar-refractivity contribution < 1.29 is 80.2 Å². The van der Waals surface area contributed by atoms with Gasteiger partial charge in [-0.3, -0.25) is 37.3 Å². The minimum absolute atomic E-state index is 0.102. The Labute approximate surface area is 549 Å². The number of hydrogen-bond acceptors (Lipinski definition) is 15. The van der Waals surface area contributed by atoms with Crippen LogP contribution in [-0.4, -0.2) is 96.7 Å². The van der Waals surface area contributed by atoms with Crippen molar-refractivity contribution >= 4 is 39.5 Å². The zero-order chi connectivity index (χ0) is 66.8. The number of hydrogen-bond donors (Lipinski definition) is 3. The summed E-state index contributed by atoms with van der Waals surface area (Å²) in [5.41, 5.74) is 0. The minimum Gasteiger partial charge on any atom is -0.462 e. The van der Waals surface area contributed by atoms with Gasteiger partial charge in [-0.25, -0.2) is 9.13 Å². The number of esters is 4. The molecule has 0 spiro atoms. The molecule has 0 rings (SSSR count). The van der Waals surface area contributed by atoms with Gasteiger partial charge in [-0.1, -0.05) is 299 Å². The van der Waals surface area contributed by atoms with Crippen LogP contribution in [0.2, 0.25) is 0 Å². The molecule has 17 nitrogen and oxygen atoms in total. The molecule has 0 radical (unpaired) electrons. The quantitative estimate of drug-likeness (QED) is 0.0222. The normalized spacial score (nSPS) is 14.6. The van der Waals surface area contributed by atoms with Gasteiger partial charge in [0.25, 0.3) is 0 Å². The molecule has 0 aromatic rings. The van der Waals surface area contributed by atoms with Crippen LogP contribution in [0, 0.1) is 23.7 Å². The molecule has 534 valence electrons. The van der Waals surface area contributed by atoms with E-state index in [-0.39, 0.29) is 25.7 Å². The van der Waals surface area contributed by atoms with Crippen molar-refractivity contribution in [3.05, 3.63) is 0 Å². The highest BCUT2D eigenvalue weighted by Gasteiger charge is 2.30. The first-order valence-corrected chi connectivity index (χ1v) is 39.7. The second-order valence-corrected chi connectivity index (χ2v) is 30.2. The molecule has 0 saturated carbocycles. The highest BCUT2D eigenvalue weighted by molar-refractivity contribution is 7.47. The molecule has 6 atom stereocenters. The van der Waals surface area contributed by atoms with Gasteiger partial charge in [0.05, 0.1) is 26.4 Å². The predicted octanol–water partition coefficient (Wildman–Crippen LogP) is 20.1. The predicted molar refractivity (Wildman–Crippen MR) is 363 cm³/mol. The Morgan fingerprint density at radius 1 is 0.311 bits per heavy atom. The lowest BCUT2D eigenvalue weighted by molar-refractivity contribution is -0.161. The molecule has 19 heteroatoms. The second-order valence-electron chi connectivity index (χ2n) is 27.3. The Bertz CT molecular complexity index is 1780. The lowest BCUT2D eigenvalue weighted by Crippen LogP contribution is -2.30. The zero-order valence-electron chi connectivity index (χ0n) is 58.8. The van der Waals surface area contributed by atoms with Crippen molar-refractivity contribution in [2.24, 2.45) is 23.7 Å². The SMILES string of the molecule is CCC(C)CCCCCCCCCCCCC(=O)O[C@H](COC(=O)CCCCCCCCCCCCCCCCC(C)C)COP(=O)(O)OC[C@@H](O)COP(=O)(O)OC[C@@H](COC(=O)CCCCCCCCC(C)C)OC(=O)CCCCCCCCCC(C)C. The van der Waals surface area contributed by atoms with E-state index in [1.165, 1.54) is 148 Å². The van der Waals surface area contributed by atoms with Crippen molar-refractivity contribution in [3.8, 4) is 0 Å². The van der Waals surface area contributed by atoms with Crippen LogP contribution in [0.1, 0.15) is 351 Å². The molecule has 3 N–H and O–H groups in total. The average Bonchev–Trinajstić information content (AvgIpc) is 3.70. The van der Waals surface area contributed by atoms with Crippen LogP contribution < -0.4 is 0 Å². The Balaban J connectivity index is 5.23. The number of aliphatic hydroxyl groups is 1. The number of ether oxygens (including phenoxy) is 4. The third-order valence-electron chi connectivity index (χ3n) is 16.7. The van der Waals surface area contributed by atoms with Gasteiger partial charge in [0, 0.05) is 25.7 Å². The van der Waals surface area contributed by atoms with Gasteiger partial charge in [-0.15, -0.1) is 0 Å². The molecule has 3 unspecified atom stereocenters. The molecule has 0 aliphatic rings. The Kier molecular flexibility index (Phi) is 59.4. The van der Waals surface area contributed by atoms with E-state index in [9.17, 15) is 43.2 Å². The number of carbonyl (C=O) groups is 4. The fraction of sp³-hybridized carbons (Fsp3) is 0.944. The number of phosphoric acid groups is 2. The lowest BCUT2D eigenvalue weighted by atomic mass is 9.99. The summed E-state index contributed by atoms with van der Waals surface area (Å²) < 4.78 is 68.3. The minimum atomic E-state index is -4.95. The van der Waals surface area contributed by atoms with Gasteiger partial charge in [0.1, 0.15) is 19.3 Å². The smallest absolute Gasteiger partial charge is 0.462 e. The number of carbonyl (C=O) groups excluding carboxylic acids is 4. The molecule has 0 aliphatic heterocycles. The standard InChI is InChI=1S/C71H138O17P2/c1-9-64(8)50-42-34-25-19-16-17-21-27-37-45-53-70(75)87-66(57-81-68(73)51-43-35-26-20-15-13-11-10-12-14-18-23-31-39-47-61(2)3)59-85-89(77,78)83-55-65(72)56-84-90(79,80)86-60-67(58-82-69(74)52-44-36-30-29-33-41-49-63(6)7)88-71(76)54-46-38-28-22-24-32-40-48-62(4)5/h61-67,72H,9-60H2,1-8H3,(H,77,78)(H,79,80)/t64?,65-,66-,67-/m1/s1. The van der Waals surface area contributed by atoms with Gasteiger partial charge in [-0.05, 0) is 49.4 Å².